The van der Waals surface area contributed by atoms with E-state index in [0.29, 0.717) is 17.9 Å². The van der Waals surface area contributed by atoms with Gasteiger partial charge < -0.3 is 15.8 Å². The zero-order valence-corrected chi connectivity index (χ0v) is 16.1. The number of para-hydroxylation sites is 2. The second-order valence-electron chi connectivity index (χ2n) is 6.69. The molecular weight excluding hydrogens is 364 g/mol. The quantitative estimate of drug-likeness (QED) is 0.579. The third-order valence-electron chi connectivity index (χ3n) is 4.56. The summed E-state index contributed by atoms with van der Waals surface area (Å²) in [5, 5.41) is 2.94. The molecule has 0 spiro atoms. The predicted molar refractivity (Wildman–Crippen MR) is 114 cm³/mol. The van der Waals surface area contributed by atoms with Crippen LogP contribution in [0.5, 0.6) is 5.75 Å². The molecule has 0 fully saturated rings. The number of carbonyl (C=O) groups excluding carboxylic acids is 2. The van der Waals surface area contributed by atoms with Crippen molar-refractivity contribution in [2.75, 3.05) is 11.9 Å². The Labute approximate surface area is 170 Å². The number of carbonyl (C=O) groups is 2. The van der Waals surface area contributed by atoms with Gasteiger partial charge >= 0.3 is 0 Å². The molecular formula is C24H24N2O3. The largest absolute Gasteiger partial charge is 0.491 e. The average molecular weight is 388 g/mol. The number of amides is 2. The van der Waals surface area contributed by atoms with Crippen LogP contribution in [0.1, 0.15) is 29.9 Å². The van der Waals surface area contributed by atoms with E-state index in [1.807, 2.05) is 72.8 Å². The normalized spacial score (nSPS) is 10.5. The van der Waals surface area contributed by atoms with Gasteiger partial charge in [0.1, 0.15) is 5.75 Å². The van der Waals surface area contributed by atoms with Gasteiger partial charge in [-0.1, -0.05) is 72.8 Å². The highest BCUT2D eigenvalue weighted by atomic mass is 16.5. The number of primary amides is 1. The average Bonchev–Trinajstić information content (AvgIpc) is 2.74. The van der Waals surface area contributed by atoms with E-state index >= 15 is 0 Å². The number of hydrogen-bond acceptors (Lipinski definition) is 3. The summed E-state index contributed by atoms with van der Waals surface area (Å²) >= 11 is 0. The Morgan fingerprint density at radius 3 is 1.97 bits per heavy atom. The molecule has 0 aromatic heterocycles. The minimum atomic E-state index is -0.430. The Hall–Kier alpha value is -3.60. The highest BCUT2D eigenvalue weighted by Crippen LogP contribution is 2.30. The second kappa shape index (κ2) is 10.1. The standard InChI is InChI=1S/C24H24N2O3/c25-23(27)15-16-29-22-14-8-7-13-21(22)26-24(28)17-20(18-9-3-1-4-10-18)19-11-5-2-6-12-19/h1-14,20H,15-17H2,(H2,25,27)(H,26,28). The summed E-state index contributed by atoms with van der Waals surface area (Å²) in [5.74, 6) is -0.0906. The summed E-state index contributed by atoms with van der Waals surface area (Å²) in [5.41, 5.74) is 7.89. The summed E-state index contributed by atoms with van der Waals surface area (Å²) in [6.45, 7) is 0.166. The number of anilines is 1. The first-order chi connectivity index (χ1) is 14.1. The van der Waals surface area contributed by atoms with Crippen molar-refractivity contribution in [2.45, 2.75) is 18.8 Å². The molecule has 0 saturated heterocycles. The minimum Gasteiger partial charge on any atom is -0.491 e. The summed E-state index contributed by atoms with van der Waals surface area (Å²) in [6.07, 6.45) is 0.413. The maximum Gasteiger partial charge on any atom is 0.225 e. The van der Waals surface area contributed by atoms with Gasteiger partial charge in [0.25, 0.3) is 0 Å². The zero-order valence-electron chi connectivity index (χ0n) is 16.1. The maximum absolute atomic E-state index is 12.9. The van der Waals surface area contributed by atoms with Gasteiger partial charge in [0.2, 0.25) is 11.8 Å². The minimum absolute atomic E-state index is 0.0552. The molecule has 0 aliphatic carbocycles. The fraction of sp³-hybridized carbons (Fsp3) is 0.167. The van der Waals surface area contributed by atoms with Crippen LogP contribution in [0.2, 0.25) is 0 Å². The molecule has 5 nitrogen and oxygen atoms in total. The SMILES string of the molecule is NC(=O)CCOc1ccccc1NC(=O)CC(c1ccccc1)c1ccccc1. The topological polar surface area (TPSA) is 81.4 Å². The summed E-state index contributed by atoms with van der Waals surface area (Å²) < 4.78 is 5.61. The predicted octanol–water partition coefficient (Wildman–Crippen LogP) is 4.10. The molecule has 0 aliphatic rings. The van der Waals surface area contributed by atoms with Gasteiger partial charge in [0.15, 0.2) is 0 Å². The van der Waals surface area contributed by atoms with Crippen molar-refractivity contribution in [3.05, 3.63) is 96.1 Å². The summed E-state index contributed by atoms with van der Waals surface area (Å²) in [7, 11) is 0. The molecule has 29 heavy (non-hydrogen) atoms. The lowest BCUT2D eigenvalue weighted by Crippen LogP contribution is -2.18. The van der Waals surface area contributed by atoms with Crippen LogP contribution in [0.4, 0.5) is 5.69 Å². The van der Waals surface area contributed by atoms with Crippen LogP contribution in [-0.2, 0) is 9.59 Å². The Morgan fingerprint density at radius 1 is 0.828 bits per heavy atom. The fourth-order valence-corrected chi connectivity index (χ4v) is 3.14. The zero-order chi connectivity index (χ0) is 20.5. The van der Waals surface area contributed by atoms with E-state index in [1.165, 1.54) is 0 Å². The summed E-state index contributed by atoms with van der Waals surface area (Å²) in [4.78, 5) is 23.8. The van der Waals surface area contributed by atoms with Gasteiger partial charge in [0, 0.05) is 12.3 Å². The number of hydrogen-bond donors (Lipinski definition) is 2. The second-order valence-corrected chi connectivity index (χ2v) is 6.69. The van der Waals surface area contributed by atoms with Crippen molar-refractivity contribution in [3.63, 3.8) is 0 Å². The molecule has 148 valence electrons. The Bertz CT molecular complexity index is 903. The molecule has 0 atom stereocenters. The highest BCUT2D eigenvalue weighted by Gasteiger charge is 2.19. The molecule has 0 bridgehead atoms. The third-order valence-corrected chi connectivity index (χ3v) is 4.56. The maximum atomic E-state index is 12.9. The van der Waals surface area contributed by atoms with E-state index in [1.54, 1.807) is 12.1 Å². The van der Waals surface area contributed by atoms with Gasteiger partial charge in [-0.3, -0.25) is 9.59 Å². The molecule has 3 aromatic rings. The Kier molecular flexibility index (Phi) is 7.00. The molecule has 0 saturated carbocycles. The van der Waals surface area contributed by atoms with Gasteiger partial charge in [-0.2, -0.15) is 0 Å². The van der Waals surface area contributed by atoms with E-state index in [9.17, 15) is 9.59 Å². The third kappa shape index (κ3) is 5.94. The Morgan fingerprint density at radius 2 is 1.38 bits per heavy atom. The number of nitrogens with two attached hydrogens (primary N) is 1. The smallest absolute Gasteiger partial charge is 0.225 e. The van der Waals surface area contributed by atoms with Crippen molar-refractivity contribution < 1.29 is 14.3 Å². The number of ether oxygens (including phenoxy) is 1. The van der Waals surface area contributed by atoms with Crippen LogP contribution >= 0.6 is 0 Å². The van der Waals surface area contributed by atoms with E-state index < -0.39 is 5.91 Å². The molecule has 5 heteroatoms. The first-order valence-electron chi connectivity index (χ1n) is 9.53. The van der Waals surface area contributed by atoms with Gasteiger partial charge in [-0.05, 0) is 23.3 Å². The Balaban J connectivity index is 1.74. The van der Waals surface area contributed by atoms with Crippen molar-refractivity contribution >= 4 is 17.5 Å². The van der Waals surface area contributed by atoms with Crippen molar-refractivity contribution in [1.82, 2.24) is 0 Å². The molecule has 3 rings (SSSR count). The summed E-state index contributed by atoms with van der Waals surface area (Å²) in [6, 6.07) is 27.1. The van der Waals surface area contributed by atoms with Crippen LogP contribution in [-0.4, -0.2) is 18.4 Å². The first-order valence-corrected chi connectivity index (χ1v) is 9.53. The monoisotopic (exact) mass is 388 g/mol. The molecule has 0 radical (unpaired) electrons. The molecule has 0 unspecified atom stereocenters. The lowest BCUT2D eigenvalue weighted by atomic mass is 9.88. The molecule has 0 aliphatic heterocycles. The van der Waals surface area contributed by atoms with E-state index in [2.05, 4.69) is 5.32 Å². The van der Waals surface area contributed by atoms with E-state index in [4.69, 9.17) is 10.5 Å². The van der Waals surface area contributed by atoms with Crippen LogP contribution in [0.3, 0.4) is 0 Å². The number of nitrogens with one attached hydrogen (secondary N) is 1. The molecule has 2 amide bonds. The fourth-order valence-electron chi connectivity index (χ4n) is 3.14. The first kappa shape index (κ1) is 20.1. The van der Waals surface area contributed by atoms with Crippen molar-refractivity contribution in [2.24, 2.45) is 5.73 Å². The van der Waals surface area contributed by atoms with Crippen LogP contribution in [0.25, 0.3) is 0 Å². The van der Waals surface area contributed by atoms with E-state index in [0.717, 1.165) is 11.1 Å². The van der Waals surface area contributed by atoms with Crippen LogP contribution in [0, 0.1) is 0 Å². The highest BCUT2D eigenvalue weighted by molar-refractivity contribution is 5.93. The lowest BCUT2D eigenvalue weighted by Gasteiger charge is -2.18. The van der Waals surface area contributed by atoms with Gasteiger partial charge in [-0.15, -0.1) is 0 Å². The van der Waals surface area contributed by atoms with Gasteiger partial charge in [-0.25, -0.2) is 0 Å². The molecule has 0 heterocycles. The molecule has 3 N–H and O–H groups in total. The van der Waals surface area contributed by atoms with E-state index in [-0.39, 0.29) is 24.9 Å². The lowest BCUT2D eigenvalue weighted by molar-refractivity contribution is -0.118. The van der Waals surface area contributed by atoms with Crippen molar-refractivity contribution in [1.29, 1.82) is 0 Å². The van der Waals surface area contributed by atoms with Crippen LogP contribution in [0.15, 0.2) is 84.9 Å². The van der Waals surface area contributed by atoms with Crippen LogP contribution < -0.4 is 15.8 Å². The van der Waals surface area contributed by atoms with Gasteiger partial charge in [0.05, 0.1) is 18.7 Å². The number of benzene rings is 3. The number of rotatable bonds is 9. The molecule has 3 aromatic carbocycles. The van der Waals surface area contributed by atoms with Crippen molar-refractivity contribution in [3.8, 4) is 5.75 Å².